The van der Waals surface area contributed by atoms with Crippen LogP contribution in [0.2, 0.25) is 0 Å². The van der Waals surface area contributed by atoms with E-state index in [0.717, 1.165) is 11.4 Å². The van der Waals surface area contributed by atoms with Crippen molar-refractivity contribution in [1.82, 2.24) is 9.97 Å². The third-order valence-corrected chi connectivity index (χ3v) is 4.65. The van der Waals surface area contributed by atoms with Crippen LogP contribution in [-0.2, 0) is 22.7 Å². The van der Waals surface area contributed by atoms with Crippen LogP contribution in [0.25, 0.3) is 11.0 Å². The van der Waals surface area contributed by atoms with Crippen molar-refractivity contribution in [2.24, 2.45) is 0 Å². The van der Waals surface area contributed by atoms with Gasteiger partial charge >= 0.3 is 5.97 Å². The molecule has 3 aromatic rings. The number of benzene rings is 2. The van der Waals surface area contributed by atoms with Crippen molar-refractivity contribution >= 4 is 22.7 Å². The maximum absolute atomic E-state index is 12.5. The molecular formula is C20H17N3O6. The highest BCUT2D eigenvalue weighted by Gasteiger charge is 2.22. The fourth-order valence-corrected chi connectivity index (χ4v) is 3.08. The molecule has 0 saturated carbocycles. The summed E-state index contributed by atoms with van der Waals surface area (Å²) in [5, 5.41) is 11.2. The van der Waals surface area contributed by atoms with Crippen molar-refractivity contribution in [1.29, 1.82) is 0 Å². The molecule has 0 spiro atoms. The number of ether oxygens (including phenoxy) is 3. The minimum Gasteiger partial charge on any atom is -0.467 e. The molecule has 0 aliphatic carbocycles. The van der Waals surface area contributed by atoms with Gasteiger partial charge in [0.15, 0.2) is 6.79 Å². The van der Waals surface area contributed by atoms with E-state index in [1.807, 2.05) is 13.8 Å². The summed E-state index contributed by atoms with van der Waals surface area (Å²) < 4.78 is 16.0. The average Bonchev–Trinajstić information content (AvgIpc) is 2.72. The number of hydrogen-bond acceptors (Lipinski definition) is 8. The third kappa shape index (κ3) is 3.72. The third-order valence-electron chi connectivity index (χ3n) is 4.65. The van der Waals surface area contributed by atoms with Gasteiger partial charge in [0, 0.05) is 23.3 Å². The summed E-state index contributed by atoms with van der Waals surface area (Å²) in [6.45, 7) is 3.78. The Morgan fingerprint density at radius 1 is 1.17 bits per heavy atom. The molecule has 2 heterocycles. The molecule has 29 heavy (non-hydrogen) atoms. The highest BCUT2D eigenvalue weighted by Crippen LogP contribution is 2.33. The molecule has 4 rings (SSSR count). The van der Waals surface area contributed by atoms with Crippen molar-refractivity contribution in [3.8, 4) is 5.75 Å². The number of aryl methyl sites for hydroxylation is 2. The van der Waals surface area contributed by atoms with Crippen molar-refractivity contribution in [3.05, 3.63) is 68.5 Å². The standard InChI is InChI=1S/C20H17N3O6/c1-11-12(2)22-18-7-13(3-4-17(18)21-11)20(24)28-9-15-6-16(23(25)26)5-14-8-27-10-29-19(14)15/h3-7H,8-10H2,1-2H3. The molecule has 0 radical (unpaired) electrons. The zero-order chi connectivity index (χ0) is 20.5. The topological polar surface area (TPSA) is 114 Å². The van der Waals surface area contributed by atoms with Crippen LogP contribution in [0.4, 0.5) is 5.69 Å². The molecule has 0 unspecified atom stereocenters. The Bertz CT molecular complexity index is 1140. The molecule has 0 saturated heterocycles. The van der Waals surface area contributed by atoms with Crippen molar-refractivity contribution < 1.29 is 23.9 Å². The summed E-state index contributed by atoms with van der Waals surface area (Å²) in [6, 6.07) is 7.67. The van der Waals surface area contributed by atoms with Crippen LogP contribution < -0.4 is 4.74 Å². The number of nitro benzene ring substituents is 1. The van der Waals surface area contributed by atoms with Crippen molar-refractivity contribution in [2.75, 3.05) is 6.79 Å². The Morgan fingerprint density at radius 3 is 2.69 bits per heavy atom. The van der Waals surface area contributed by atoms with Gasteiger partial charge in [-0.15, -0.1) is 0 Å². The fourth-order valence-electron chi connectivity index (χ4n) is 3.08. The summed E-state index contributed by atoms with van der Waals surface area (Å²) in [5.41, 5.74) is 4.05. The molecule has 0 fully saturated rings. The van der Waals surface area contributed by atoms with Crippen LogP contribution in [0, 0.1) is 24.0 Å². The van der Waals surface area contributed by atoms with Crippen LogP contribution in [0.3, 0.4) is 0 Å². The molecular weight excluding hydrogens is 378 g/mol. The van der Waals surface area contributed by atoms with Crippen LogP contribution in [0.5, 0.6) is 5.75 Å². The van der Waals surface area contributed by atoms with Gasteiger partial charge in [-0.05, 0) is 32.0 Å². The van der Waals surface area contributed by atoms with E-state index in [0.29, 0.717) is 33.5 Å². The number of nitrogens with zero attached hydrogens (tertiary/aromatic N) is 3. The number of esters is 1. The lowest BCUT2D eigenvalue weighted by molar-refractivity contribution is -0.385. The van der Waals surface area contributed by atoms with Crippen LogP contribution >= 0.6 is 0 Å². The van der Waals surface area contributed by atoms with Gasteiger partial charge in [0.05, 0.1) is 39.5 Å². The zero-order valence-corrected chi connectivity index (χ0v) is 15.8. The average molecular weight is 395 g/mol. The van der Waals surface area contributed by atoms with E-state index >= 15 is 0 Å². The first-order chi connectivity index (χ1) is 13.9. The summed E-state index contributed by atoms with van der Waals surface area (Å²) in [4.78, 5) is 32.1. The van der Waals surface area contributed by atoms with Crippen LogP contribution in [0.1, 0.15) is 32.9 Å². The van der Waals surface area contributed by atoms with Crippen LogP contribution in [-0.4, -0.2) is 27.7 Å². The molecule has 0 N–H and O–H groups in total. The van der Waals surface area contributed by atoms with Crippen molar-refractivity contribution in [3.63, 3.8) is 0 Å². The number of nitro groups is 1. The quantitative estimate of drug-likeness (QED) is 0.375. The maximum Gasteiger partial charge on any atom is 0.338 e. The van der Waals surface area contributed by atoms with Gasteiger partial charge in [-0.1, -0.05) is 0 Å². The Hall–Kier alpha value is -3.59. The number of rotatable bonds is 4. The first-order valence-corrected chi connectivity index (χ1v) is 8.85. The smallest absolute Gasteiger partial charge is 0.338 e. The van der Waals surface area contributed by atoms with Gasteiger partial charge in [-0.25, -0.2) is 14.8 Å². The lowest BCUT2D eigenvalue weighted by atomic mass is 10.1. The predicted octanol–water partition coefficient (Wildman–Crippen LogP) is 3.38. The maximum atomic E-state index is 12.5. The van der Waals surface area contributed by atoms with E-state index < -0.39 is 10.9 Å². The molecule has 2 aromatic carbocycles. The predicted molar refractivity (Wildman–Crippen MR) is 102 cm³/mol. The molecule has 0 atom stereocenters. The second-order valence-corrected chi connectivity index (χ2v) is 6.63. The monoisotopic (exact) mass is 395 g/mol. The zero-order valence-electron chi connectivity index (χ0n) is 15.8. The van der Waals surface area contributed by atoms with Gasteiger partial charge in [0.1, 0.15) is 12.4 Å². The van der Waals surface area contributed by atoms with Crippen LogP contribution in [0.15, 0.2) is 30.3 Å². The van der Waals surface area contributed by atoms with E-state index in [2.05, 4.69) is 9.97 Å². The molecule has 148 valence electrons. The van der Waals surface area contributed by atoms with Gasteiger partial charge in [0.25, 0.3) is 5.69 Å². The minimum atomic E-state index is -0.570. The van der Waals surface area contributed by atoms with E-state index in [-0.39, 0.29) is 25.7 Å². The van der Waals surface area contributed by atoms with E-state index in [9.17, 15) is 14.9 Å². The molecule has 1 aliphatic heterocycles. The normalized spacial score (nSPS) is 12.9. The van der Waals surface area contributed by atoms with Crippen molar-refractivity contribution in [2.45, 2.75) is 27.1 Å². The Labute approximate surface area is 165 Å². The number of non-ortho nitro benzene ring substituents is 1. The Morgan fingerprint density at radius 2 is 1.93 bits per heavy atom. The summed E-state index contributed by atoms with van der Waals surface area (Å²) in [7, 11) is 0. The van der Waals surface area contributed by atoms with Gasteiger partial charge in [-0.2, -0.15) is 0 Å². The number of fused-ring (bicyclic) bond motifs is 2. The Kier molecular flexibility index (Phi) is 4.81. The summed E-state index contributed by atoms with van der Waals surface area (Å²) in [5.74, 6) is -0.121. The molecule has 1 aliphatic rings. The highest BCUT2D eigenvalue weighted by molar-refractivity contribution is 5.93. The SMILES string of the molecule is Cc1nc2ccc(C(=O)OCc3cc([N+](=O)[O-])cc4c3OCOC4)cc2nc1C. The summed E-state index contributed by atoms with van der Waals surface area (Å²) >= 11 is 0. The highest BCUT2D eigenvalue weighted by atomic mass is 16.7. The van der Waals surface area contributed by atoms with Gasteiger partial charge < -0.3 is 14.2 Å². The fraction of sp³-hybridized carbons (Fsp3) is 0.250. The number of hydrogen-bond donors (Lipinski definition) is 0. The van der Waals surface area contributed by atoms with E-state index in [4.69, 9.17) is 14.2 Å². The second-order valence-electron chi connectivity index (χ2n) is 6.63. The van der Waals surface area contributed by atoms with Gasteiger partial charge in [0.2, 0.25) is 0 Å². The molecule has 1 aromatic heterocycles. The largest absolute Gasteiger partial charge is 0.467 e. The number of carbonyl (C=O) groups is 1. The van der Waals surface area contributed by atoms with Gasteiger partial charge in [-0.3, -0.25) is 10.1 Å². The molecule has 9 nitrogen and oxygen atoms in total. The Balaban J connectivity index is 1.58. The second kappa shape index (κ2) is 7.44. The molecule has 0 amide bonds. The number of aromatic nitrogens is 2. The minimum absolute atomic E-state index is 0.0356. The molecule has 9 heteroatoms. The first kappa shape index (κ1) is 18.8. The summed E-state index contributed by atoms with van der Waals surface area (Å²) in [6.07, 6.45) is 0. The lowest BCUT2D eigenvalue weighted by Crippen LogP contribution is -2.15. The van der Waals surface area contributed by atoms with E-state index in [1.54, 1.807) is 18.2 Å². The first-order valence-electron chi connectivity index (χ1n) is 8.85. The van der Waals surface area contributed by atoms with E-state index in [1.165, 1.54) is 12.1 Å². The lowest BCUT2D eigenvalue weighted by Gasteiger charge is -2.20. The molecule has 0 bridgehead atoms. The number of carbonyl (C=O) groups excluding carboxylic acids is 1.